The van der Waals surface area contributed by atoms with Crippen molar-refractivity contribution < 1.29 is 23.4 Å². The number of nitrogens with one attached hydrogen (secondary N) is 1. The predicted octanol–water partition coefficient (Wildman–Crippen LogP) is 7.65. The third-order valence-electron chi connectivity index (χ3n) is 5.46. The van der Waals surface area contributed by atoms with E-state index in [1.165, 1.54) is 30.7 Å². The molecule has 14 heteroatoms. The van der Waals surface area contributed by atoms with Gasteiger partial charge in [-0.05, 0) is 64.9 Å². The van der Waals surface area contributed by atoms with Gasteiger partial charge in [-0.25, -0.2) is 29.1 Å². The molecule has 2 aromatic carbocycles. The van der Waals surface area contributed by atoms with Gasteiger partial charge in [0, 0.05) is 17.7 Å². The van der Waals surface area contributed by atoms with E-state index in [2.05, 4.69) is 35.1 Å². The summed E-state index contributed by atoms with van der Waals surface area (Å²) in [6, 6.07) is 9.96. The summed E-state index contributed by atoms with van der Waals surface area (Å²) in [7, 11) is 5.03. The van der Waals surface area contributed by atoms with Crippen LogP contribution in [0.3, 0.4) is 0 Å². The van der Waals surface area contributed by atoms with Gasteiger partial charge in [-0.15, -0.1) is 21.1 Å². The molecule has 3 N–H and O–H groups in total. The number of fused-ring (bicyclic) bond motifs is 2. The van der Waals surface area contributed by atoms with E-state index in [1.807, 2.05) is 54.1 Å². The van der Waals surface area contributed by atoms with Crippen LogP contribution in [0.4, 0.5) is 20.7 Å². The Balaban J connectivity index is 0.00000116. The van der Waals surface area contributed by atoms with Crippen molar-refractivity contribution in [3.63, 3.8) is 0 Å². The minimum atomic E-state index is -0.693. The van der Waals surface area contributed by atoms with Crippen molar-refractivity contribution in [1.29, 1.82) is 0 Å². The maximum Gasteiger partial charge on any atom is 0.411 e. The number of anilines is 2. The van der Waals surface area contributed by atoms with Gasteiger partial charge < -0.3 is 19.9 Å². The lowest BCUT2D eigenvalue weighted by Crippen LogP contribution is -2.24. The maximum atomic E-state index is 14.9. The maximum absolute atomic E-state index is 14.9. The molecule has 3 aromatic heterocycles. The number of carbonyl (C=O) groups is 1. The van der Waals surface area contributed by atoms with Gasteiger partial charge in [0.25, 0.3) is 0 Å². The molecule has 1 amide bonds. The standard InChI is InChI=1S/C26H23FN6O4S.C2H6.HIS/c1-13-6-16(24-19(7-13)32-23(35-3)11-30-24)25-33-18-8-17(27)20(9-21(18)38-25)37-14(2)12-36-26(34)31-15-4-5-22(28)29-10-15;2*1-2/h4-11,14H,12H2,1-3H3,(H2,28,29)(H,31,34);1-2H3;2H. The van der Waals surface area contributed by atoms with Crippen molar-refractivity contribution in [2.24, 2.45) is 0 Å². The summed E-state index contributed by atoms with van der Waals surface area (Å²) in [6.45, 7) is 7.53. The summed E-state index contributed by atoms with van der Waals surface area (Å²) in [4.78, 5) is 29.5. The van der Waals surface area contributed by atoms with E-state index in [4.69, 9.17) is 19.9 Å². The van der Waals surface area contributed by atoms with Gasteiger partial charge in [-0.3, -0.25) is 5.32 Å². The molecule has 0 aliphatic heterocycles. The van der Waals surface area contributed by atoms with Crippen LogP contribution in [0.15, 0.2) is 48.8 Å². The second kappa shape index (κ2) is 15.7. The number of nitrogens with zero attached hydrogens (tertiary/aromatic N) is 4. The number of pyridine rings is 1. The highest BCUT2D eigenvalue weighted by Crippen LogP contribution is 2.37. The fourth-order valence-corrected chi connectivity index (χ4v) is 4.71. The van der Waals surface area contributed by atoms with E-state index in [1.54, 1.807) is 31.3 Å². The van der Waals surface area contributed by atoms with Crippen LogP contribution in [0, 0.1) is 12.7 Å². The lowest BCUT2D eigenvalue weighted by molar-refractivity contribution is 0.0969. The number of nitrogens with two attached hydrogens (primary N) is 1. The molecule has 0 bridgehead atoms. The van der Waals surface area contributed by atoms with Crippen LogP contribution in [0.1, 0.15) is 26.3 Å². The zero-order valence-corrected chi connectivity index (χ0v) is 27.4. The molecular formula is C28H30FIN6O4S2. The Morgan fingerprint density at radius 3 is 2.57 bits per heavy atom. The van der Waals surface area contributed by atoms with Gasteiger partial charge in [0.15, 0.2) is 11.6 Å². The second-order valence-electron chi connectivity index (χ2n) is 8.49. The number of aryl methyl sites for hydroxylation is 1. The van der Waals surface area contributed by atoms with Crippen molar-refractivity contribution in [3.05, 3.63) is 60.2 Å². The first-order chi connectivity index (χ1) is 20.3. The van der Waals surface area contributed by atoms with Crippen LogP contribution in [-0.2, 0) is 4.74 Å². The Bertz CT molecular complexity index is 1660. The summed E-state index contributed by atoms with van der Waals surface area (Å²) in [5.74, 6) is 0.211. The summed E-state index contributed by atoms with van der Waals surface area (Å²) in [6.07, 6.45) is 1.65. The molecule has 5 rings (SSSR count). The molecular weight excluding hydrogens is 694 g/mol. The Kier molecular flexibility index (Phi) is 12.3. The van der Waals surface area contributed by atoms with Crippen LogP contribution in [-0.4, -0.2) is 45.8 Å². The van der Waals surface area contributed by atoms with Gasteiger partial charge in [-0.1, -0.05) is 13.8 Å². The Labute approximate surface area is 264 Å². The van der Waals surface area contributed by atoms with Crippen molar-refractivity contribution in [2.45, 2.75) is 33.8 Å². The number of thiol groups is 1. The van der Waals surface area contributed by atoms with Crippen molar-refractivity contribution in [1.82, 2.24) is 19.9 Å². The Hall–Kier alpha value is -3.50. The van der Waals surface area contributed by atoms with Crippen LogP contribution < -0.4 is 20.5 Å². The first-order valence-corrected chi connectivity index (χ1v) is 16.7. The van der Waals surface area contributed by atoms with Gasteiger partial charge in [-0.2, -0.15) is 0 Å². The fourth-order valence-electron chi connectivity index (χ4n) is 3.72. The van der Waals surface area contributed by atoms with Crippen LogP contribution in [0.5, 0.6) is 11.6 Å². The molecule has 10 nitrogen and oxygen atoms in total. The molecule has 1 atom stereocenters. The lowest BCUT2D eigenvalue weighted by atomic mass is 10.1. The van der Waals surface area contributed by atoms with Crippen molar-refractivity contribution in [2.75, 3.05) is 24.8 Å². The van der Waals surface area contributed by atoms with E-state index < -0.39 is 18.0 Å². The predicted molar refractivity (Wildman–Crippen MR) is 177 cm³/mol. The third-order valence-corrected chi connectivity index (χ3v) is 6.51. The smallest absolute Gasteiger partial charge is 0.411 e. The number of hydrogen-bond donors (Lipinski definition) is 3. The largest absolute Gasteiger partial charge is 0.484 e. The quantitative estimate of drug-likeness (QED) is 0.114. The Morgan fingerprint density at radius 2 is 1.88 bits per heavy atom. The highest BCUT2D eigenvalue weighted by Gasteiger charge is 2.17. The highest BCUT2D eigenvalue weighted by atomic mass is 127. The summed E-state index contributed by atoms with van der Waals surface area (Å²) in [5.41, 5.74) is 9.58. The zero-order valence-electron chi connectivity index (χ0n) is 23.5. The minimum Gasteiger partial charge on any atom is -0.484 e. The summed E-state index contributed by atoms with van der Waals surface area (Å²) < 4.78 is 31.7. The molecule has 0 saturated carbocycles. The van der Waals surface area contributed by atoms with Crippen LogP contribution in [0.25, 0.3) is 31.8 Å². The number of amides is 1. The number of thiazole rings is 1. The van der Waals surface area contributed by atoms with Gasteiger partial charge in [0.05, 0.1) is 46.4 Å². The van der Waals surface area contributed by atoms with E-state index in [9.17, 15) is 9.18 Å². The minimum absolute atomic E-state index is 0.0329. The average Bonchev–Trinajstić information content (AvgIpc) is 3.41. The topological polar surface area (TPSA) is 134 Å². The van der Waals surface area contributed by atoms with Gasteiger partial charge in [0.1, 0.15) is 23.5 Å². The number of rotatable bonds is 7. The normalized spacial score (nSPS) is 11.0. The van der Waals surface area contributed by atoms with Gasteiger partial charge in [0.2, 0.25) is 5.88 Å². The van der Waals surface area contributed by atoms with Crippen molar-refractivity contribution in [3.8, 4) is 22.2 Å². The number of aromatic nitrogens is 4. The molecule has 0 aliphatic rings. The summed E-state index contributed by atoms with van der Waals surface area (Å²) >= 11 is 3.23. The molecule has 0 radical (unpaired) electrons. The van der Waals surface area contributed by atoms with Crippen molar-refractivity contribution >= 4 is 81.2 Å². The highest BCUT2D eigenvalue weighted by molar-refractivity contribution is 14.2. The molecule has 0 fully saturated rings. The van der Waals surface area contributed by atoms with E-state index >= 15 is 0 Å². The molecule has 1 unspecified atom stereocenters. The SMILES string of the molecule is CC.COc1cnc2c(-c3nc4cc(F)c(OC(C)COC(=O)Nc5ccc(N)nc5)cc4s3)cc(C)cc2n1.SI. The first kappa shape index (κ1) is 33.0. The van der Waals surface area contributed by atoms with Crippen LogP contribution in [0.2, 0.25) is 0 Å². The summed E-state index contributed by atoms with van der Waals surface area (Å²) in [5, 5.41) is 3.21. The lowest BCUT2D eigenvalue weighted by Gasteiger charge is -2.15. The van der Waals surface area contributed by atoms with E-state index in [-0.39, 0.29) is 12.4 Å². The van der Waals surface area contributed by atoms with Crippen LogP contribution >= 0.6 is 42.3 Å². The molecule has 0 saturated heterocycles. The number of halogens is 2. The third kappa shape index (κ3) is 8.29. The molecule has 0 aliphatic carbocycles. The molecule has 42 heavy (non-hydrogen) atoms. The van der Waals surface area contributed by atoms with Gasteiger partial charge >= 0.3 is 6.09 Å². The molecule has 5 aromatic rings. The number of nitrogen functional groups attached to an aromatic ring is 1. The number of hydrogen-bond acceptors (Lipinski definition) is 11. The van der Waals surface area contributed by atoms with E-state index in [0.29, 0.717) is 38.9 Å². The average molecular weight is 725 g/mol. The fraction of sp³-hybridized carbons (Fsp3) is 0.250. The Morgan fingerprint density at radius 1 is 1.12 bits per heavy atom. The molecule has 222 valence electrons. The second-order valence-corrected chi connectivity index (χ2v) is 9.52. The van der Waals surface area contributed by atoms with E-state index in [0.717, 1.165) is 15.8 Å². The number of ether oxygens (including phenoxy) is 3. The monoisotopic (exact) mass is 724 g/mol. The first-order valence-electron chi connectivity index (χ1n) is 12.7. The zero-order chi connectivity index (χ0) is 30.8. The number of methoxy groups -OCH3 is 1. The molecule has 0 spiro atoms. The number of carbonyl (C=O) groups excluding carboxylic acids is 1. The molecule has 3 heterocycles. The number of benzene rings is 2.